The fourth-order valence-electron chi connectivity index (χ4n) is 3.84. The van der Waals surface area contributed by atoms with Gasteiger partial charge < -0.3 is 9.32 Å². The smallest absolute Gasteiger partial charge is 0.276 e. The van der Waals surface area contributed by atoms with Crippen LogP contribution in [0.3, 0.4) is 0 Å². The van der Waals surface area contributed by atoms with Crippen LogP contribution in [0.25, 0.3) is 11.5 Å². The highest BCUT2D eigenvalue weighted by Gasteiger charge is 2.34. The molecule has 1 atom stereocenters. The van der Waals surface area contributed by atoms with Crippen molar-refractivity contribution in [3.8, 4) is 11.5 Å². The average Bonchev–Trinajstić information content (AvgIpc) is 3.36. The van der Waals surface area contributed by atoms with E-state index in [1.807, 2.05) is 18.1 Å². The number of rotatable bonds is 3. The van der Waals surface area contributed by atoms with Gasteiger partial charge >= 0.3 is 0 Å². The zero-order valence-electron chi connectivity index (χ0n) is 16.2. The van der Waals surface area contributed by atoms with Crippen molar-refractivity contribution in [2.45, 2.75) is 39.7 Å². The van der Waals surface area contributed by atoms with Gasteiger partial charge in [-0.2, -0.15) is 5.10 Å². The van der Waals surface area contributed by atoms with Gasteiger partial charge in [0.2, 0.25) is 5.89 Å². The van der Waals surface area contributed by atoms with Crippen molar-refractivity contribution in [3.05, 3.63) is 58.7 Å². The number of amides is 1. The van der Waals surface area contributed by atoms with E-state index in [0.717, 1.165) is 24.9 Å². The summed E-state index contributed by atoms with van der Waals surface area (Å²) in [6.45, 7) is 6.73. The number of aromatic nitrogens is 3. The van der Waals surface area contributed by atoms with Gasteiger partial charge in [-0.1, -0.05) is 23.8 Å². The van der Waals surface area contributed by atoms with E-state index in [-0.39, 0.29) is 11.9 Å². The van der Waals surface area contributed by atoms with Gasteiger partial charge in [-0.15, -0.1) is 0 Å². The first-order chi connectivity index (χ1) is 12.9. The molecule has 4 rings (SSSR count). The summed E-state index contributed by atoms with van der Waals surface area (Å²) in [5.41, 5.74) is 4.83. The van der Waals surface area contributed by atoms with Crippen LogP contribution in [0.2, 0.25) is 0 Å². The Morgan fingerprint density at radius 2 is 2.07 bits per heavy atom. The molecule has 0 aliphatic carbocycles. The zero-order chi connectivity index (χ0) is 19.1. The van der Waals surface area contributed by atoms with Gasteiger partial charge in [0.1, 0.15) is 5.76 Å². The summed E-state index contributed by atoms with van der Waals surface area (Å²) >= 11 is 0. The van der Waals surface area contributed by atoms with Crippen LogP contribution in [0, 0.1) is 20.8 Å². The lowest BCUT2D eigenvalue weighted by atomic mass is 9.97. The average molecular weight is 364 g/mol. The quantitative estimate of drug-likeness (QED) is 0.705. The Morgan fingerprint density at radius 3 is 2.81 bits per heavy atom. The molecule has 3 heterocycles. The summed E-state index contributed by atoms with van der Waals surface area (Å²) in [4.78, 5) is 19.7. The van der Waals surface area contributed by atoms with Crippen LogP contribution in [0.1, 0.15) is 51.8 Å². The molecule has 2 aromatic heterocycles. The Bertz CT molecular complexity index is 1000. The van der Waals surface area contributed by atoms with Crippen LogP contribution in [0.4, 0.5) is 0 Å². The van der Waals surface area contributed by atoms with Crippen molar-refractivity contribution >= 4 is 5.91 Å². The number of nitrogens with zero attached hydrogens (tertiary/aromatic N) is 4. The first-order valence-corrected chi connectivity index (χ1v) is 9.28. The summed E-state index contributed by atoms with van der Waals surface area (Å²) in [7, 11) is 1.84. The van der Waals surface area contributed by atoms with Crippen LogP contribution < -0.4 is 0 Å². The lowest BCUT2D eigenvalue weighted by Gasteiger charge is -2.26. The Labute approximate surface area is 158 Å². The van der Waals surface area contributed by atoms with E-state index in [1.165, 1.54) is 16.7 Å². The molecule has 0 spiro atoms. The number of carbonyl (C=O) groups excluding carboxylic acids is 1. The van der Waals surface area contributed by atoms with Gasteiger partial charge in [-0.05, 0) is 44.7 Å². The number of hydrogen-bond donors (Lipinski definition) is 0. The second-order valence-electron chi connectivity index (χ2n) is 7.34. The molecular formula is C21H24N4O2. The van der Waals surface area contributed by atoms with E-state index < -0.39 is 0 Å². The van der Waals surface area contributed by atoms with Crippen LogP contribution in [-0.2, 0) is 7.05 Å². The van der Waals surface area contributed by atoms with Crippen LogP contribution in [0.5, 0.6) is 0 Å². The predicted octanol–water partition coefficient (Wildman–Crippen LogP) is 3.98. The highest BCUT2D eigenvalue weighted by atomic mass is 16.4. The fourth-order valence-corrected chi connectivity index (χ4v) is 3.84. The lowest BCUT2D eigenvalue weighted by Crippen LogP contribution is -2.31. The highest BCUT2D eigenvalue weighted by Crippen LogP contribution is 2.36. The summed E-state index contributed by atoms with van der Waals surface area (Å²) in [5.74, 6) is 0.923. The molecule has 1 saturated heterocycles. The van der Waals surface area contributed by atoms with Crippen molar-refractivity contribution < 1.29 is 9.21 Å². The minimum atomic E-state index is -0.0604. The normalized spacial score (nSPS) is 16.9. The molecule has 1 aliphatic heterocycles. The van der Waals surface area contributed by atoms with E-state index in [9.17, 15) is 4.79 Å². The molecule has 140 valence electrons. The van der Waals surface area contributed by atoms with Gasteiger partial charge in [0.15, 0.2) is 5.69 Å². The summed E-state index contributed by atoms with van der Waals surface area (Å²) in [6, 6.07) is 6.54. The van der Waals surface area contributed by atoms with Crippen molar-refractivity contribution in [2.24, 2.45) is 7.05 Å². The fraction of sp³-hybridized carbons (Fsp3) is 0.381. The van der Waals surface area contributed by atoms with Gasteiger partial charge in [0.25, 0.3) is 5.91 Å². The molecule has 1 unspecified atom stereocenters. The Hall–Kier alpha value is -2.89. The van der Waals surface area contributed by atoms with E-state index in [1.54, 1.807) is 17.8 Å². The van der Waals surface area contributed by atoms with E-state index in [2.05, 4.69) is 42.1 Å². The highest BCUT2D eigenvalue weighted by molar-refractivity contribution is 5.94. The largest absolute Gasteiger partial charge is 0.440 e. The van der Waals surface area contributed by atoms with Crippen molar-refractivity contribution in [1.82, 2.24) is 19.7 Å². The minimum absolute atomic E-state index is 0.0604. The van der Waals surface area contributed by atoms with Gasteiger partial charge in [-0.25, -0.2) is 4.98 Å². The van der Waals surface area contributed by atoms with Crippen molar-refractivity contribution in [3.63, 3.8) is 0 Å². The maximum absolute atomic E-state index is 13.3. The Kier molecular flexibility index (Phi) is 4.34. The number of oxazole rings is 1. The number of aryl methyl sites for hydroxylation is 4. The number of likely N-dealkylation sites (tertiary alicyclic amines) is 1. The molecule has 6 nitrogen and oxygen atoms in total. The van der Waals surface area contributed by atoms with Crippen LogP contribution in [0.15, 0.2) is 35.0 Å². The van der Waals surface area contributed by atoms with Crippen LogP contribution in [-0.4, -0.2) is 32.1 Å². The molecule has 0 bridgehead atoms. The third-order valence-corrected chi connectivity index (χ3v) is 5.26. The number of hydrogen-bond acceptors (Lipinski definition) is 4. The standard InChI is InChI=1S/C21H24N4O2/c1-13-7-8-14(2)17(10-13)18-6-5-9-25(18)21(26)19-15(3)27-20(23-19)16-11-22-24(4)12-16/h7-8,10-12,18H,5-6,9H2,1-4H3. The SMILES string of the molecule is Cc1ccc(C)c(C2CCCN2C(=O)c2nc(-c3cnn(C)c3)oc2C)c1. The van der Waals surface area contributed by atoms with Gasteiger partial charge in [0, 0.05) is 19.8 Å². The van der Waals surface area contributed by atoms with E-state index in [0.29, 0.717) is 17.3 Å². The Morgan fingerprint density at radius 1 is 1.26 bits per heavy atom. The first kappa shape index (κ1) is 17.5. The topological polar surface area (TPSA) is 64.2 Å². The third kappa shape index (κ3) is 3.16. The molecule has 0 N–H and O–H groups in total. The molecular weight excluding hydrogens is 340 g/mol. The minimum Gasteiger partial charge on any atom is -0.440 e. The second kappa shape index (κ2) is 6.68. The van der Waals surface area contributed by atoms with Gasteiger partial charge in [-0.3, -0.25) is 9.48 Å². The molecule has 6 heteroatoms. The van der Waals surface area contributed by atoms with Gasteiger partial charge in [0.05, 0.1) is 17.8 Å². The summed E-state index contributed by atoms with van der Waals surface area (Å²) in [6.07, 6.45) is 5.49. The molecule has 0 saturated carbocycles. The molecule has 27 heavy (non-hydrogen) atoms. The first-order valence-electron chi connectivity index (χ1n) is 9.28. The third-order valence-electron chi connectivity index (χ3n) is 5.26. The van der Waals surface area contributed by atoms with Crippen molar-refractivity contribution in [2.75, 3.05) is 6.54 Å². The monoisotopic (exact) mass is 364 g/mol. The maximum Gasteiger partial charge on any atom is 0.276 e. The summed E-state index contributed by atoms with van der Waals surface area (Å²) < 4.78 is 7.45. The molecule has 1 fully saturated rings. The lowest BCUT2D eigenvalue weighted by molar-refractivity contribution is 0.0728. The van der Waals surface area contributed by atoms with Crippen LogP contribution >= 0.6 is 0 Å². The molecule has 1 amide bonds. The summed E-state index contributed by atoms with van der Waals surface area (Å²) in [5, 5.41) is 4.15. The van der Waals surface area contributed by atoms with E-state index >= 15 is 0 Å². The number of carbonyl (C=O) groups is 1. The maximum atomic E-state index is 13.3. The number of benzene rings is 1. The molecule has 3 aromatic rings. The molecule has 0 radical (unpaired) electrons. The molecule has 1 aliphatic rings. The molecule has 1 aromatic carbocycles. The van der Waals surface area contributed by atoms with E-state index in [4.69, 9.17) is 4.42 Å². The Balaban J connectivity index is 1.66. The second-order valence-corrected chi connectivity index (χ2v) is 7.34. The predicted molar refractivity (Wildman–Crippen MR) is 102 cm³/mol. The zero-order valence-corrected chi connectivity index (χ0v) is 16.2. The van der Waals surface area contributed by atoms with Crippen molar-refractivity contribution in [1.29, 1.82) is 0 Å².